The van der Waals surface area contributed by atoms with Crippen molar-refractivity contribution in [2.24, 2.45) is 5.92 Å². The highest BCUT2D eigenvalue weighted by Gasteiger charge is 2.43. The molecule has 0 aliphatic carbocycles. The number of hydrogen-bond acceptors (Lipinski definition) is 1. The Hall–Kier alpha value is -0.110. The number of hydrogen-bond donors (Lipinski definition) is 1. The Balaban J connectivity index is 2.63. The van der Waals surface area contributed by atoms with E-state index in [1.165, 1.54) is 0 Å². The molecule has 1 saturated heterocycles. The molecular formula is C12H24FN. The quantitative estimate of drug-likeness (QED) is 0.739. The van der Waals surface area contributed by atoms with Crippen molar-refractivity contribution >= 4 is 0 Å². The third-order valence-electron chi connectivity index (χ3n) is 3.48. The zero-order valence-corrected chi connectivity index (χ0v) is 9.99. The zero-order valence-electron chi connectivity index (χ0n) is 9.99. The molecule has 0 aromatic rings. The van der Waals surface area contributed by atoms with Gasteiger partial charge in [0.05, 0.1) is 0 Å². The van der Waals surface area contributed by atoms with Crippen molar-refractivity contribution < 1.29 is 4.39 Å². The van der Waals surface area contributed by atoms with E-state index in [1.807, 2.05) is 0 Å². The highest BCUT2D eigenvalue weighted by molar-refractivity contribution is 4.98. The lowest BCUT2D eigenvalue weighted by Crippen LogP contribution is -2.54. The summed E-state index contributed by atoms with van der Waals surface area (Å²) in [4.78, 5) is 0. The van der Waals surface area contributed by atoms with Crippen LogP contribution >= 0.6 is 0 Å². The number of piperidine rings is 1. The van der Waals surface area contributed by atoms with Crippen LogP contribution in [0.25, 0.3) is 0 Å². The summed E-state index contributed by atoms with van der Waals surface area (Å²) in [6.45, 7) is 9.20. The first kappa shape index (κ1) is 12.0. The lowest BCUT2D eigenvalue weighted by atomic mass is 9.74. The Labute approximate surface area is 87.5 Å². The normalized spacial score (nSPS) is 34.1. The fourth-order valence-electron chi connectivity index (χ4n) is 2.61. The zero-order chi connectivity index (χ0) is 10.8. The molecular weight excluding hydrogens is 177 g/mol. The van der Waals surface area contributed by atoms with Crippen LogP contribution in [0, 0.1) is 5.92 Å². The van der Waals surface area contributed by atoms with E-state index < -0.39 is 5.67 Å². The van der Waals surface area contributed by atoms with Gasteiger partial charge in [-0.3, -0.25) is 0 Å². The number of nitrogens with one attached hydrogen (secondary N) is 1. The maximum atomic E-state index is 14.6. The number of alkyl halides is 1. The van der Waals surface area contributed by atoms with Gasteiger partial charge in [0.2, 0.25) is 0 Å². The van der Waals surface area contributed by atoms with Crippen molar-refractivity contribution in [3.8, 4) is 0 Å². The summed E-state index contributed by atoms with van der Waals surface area (Å²) in [5, 5.41) is 3.37. The maximum Gasteiger partial charge on any atom is 0.116 e. The maximum absolute atomic E-state index is 14.6. The van der Waals surface area contributed by atoms with Crippen LogP contribution in [0.5, 0.6) is 0 Å². The van der Waals surface area contributed by atoms with Gasteiger partial charge in [0.25, 0.3) is 0 Å². The fourth-order valence-corrected chi connectivity index (χ4v) is 2.61. The molecule has 1 nitrogen and oxygen atoms in total. The highest BCUT2D eigenvalue weighted by Crippen LogP contribution is 2.39. The summed E-state index contributed by atoms with van der Waals surface area (Å²) in [5.74, 6) is 0.203. The van der Waals surface area contributed by atoms with Crippen molar-refractivity contribution in [3.05, 3.63) is 0 Å². The Morgan fingerprint density at radius 3 is 2.57 bits per heavy atom. The summed E-state index contributed by atoms with van der Waals surface area (Å²) < 4.78 is 14.6. The van der Waals surface area contributed by atoms with Gasteiger partial charge in [0.15, 0.2) is 0 Å². The van der Waals surface area contributed by atoms with Gasteiger partial charge in [-0.15, -0.1) is 0 Å². The van der Waals surface area contributed by atoms with E-state index in [4.69, 9.17) is 0 Å². The first-order chi connectivity index (χ1) is 6.40. The second-order valence-corrected chi connectivity index (χ2v) is 5.46. The molecule has 1 aliphatic heterocycles. The highest BCUT2D eigenvalue weighted by atomic mass is 19.1. The fraction of sp³-hybridized carbons (Fsp3) is 1.00. The molecule has 0 spiro atoms. The van der Waals surface area contributed by atoms with Crippen molar-refractivity contribution in [1.29, 1.82) is 0 Å². The minimum Gasteiger partial charge on any atom is -0.312 e. The van der Waals surface area contributed by atoms with E-state index in [0.29, 0.717) is 12.8 Å². The lowest BCUT2D eigenvalue weighted by Gasteiger charge is -2.43. The average Bonchev–Trinajstić information content (AvgIpc) is 2.02. The van der Waals surface area contributed by atoms with Gasteiger partial charge in [0.1, 0.15) is 5.67 Å². The molecule has 2 unspecified atom stereocenters. The molecule has 2 heteroatoms. The minimum absolute atomic E-state index is 0.0327. The van der Waals surface area contributed by atoms with E-state index in [0.717, 1.165) is 19.4 Å². The van der Waals surface area contributed by atoms with E-state index in [-0.39, 0.29) is 11.5 Å². The van der Waals surface area contributed by atoms with Crippen LogP contribution < -0.4 is 5.32 Å². The van der Waals surface area contributed by atoms with Crippen molar-refractivity contribution in [2.45, 2.75) is 64.6 Å². The van der Waals surface area contributed by atoms with Crippen LogP contribution in [-0.2, 0) is 0 Å². The Bertz CT molecular complexity index is 191. The minimum atomic E-state index is -0.940. The third kappa shape index (κ3) is 2.69. The van der Waals surface area contributed by atoms with Crippen LogP contribution in [0.4, 0.5) is 4.39 Å². The summed E-state index contributed by atoms with van der Waals surface area (Å²) in [6.07, 6.45) is 3.42. The van der Waals surface area contributed by atoms with Gasteiger partial charge >= 0.3 is 0 Å². The second-order valence-electron chi connectivity index (χ2n) is 5.46. The van der Waals surface area contributed by atoms with E-state index in [9.17, 15) is 4.39 Å². The van der Waals surface area contributed by atoms with Gasteiger partial charge in [-0.1, -0.05) is 20.3 Å². The molecule has 0 radical (unpaired) electrons. The topological polar surface area (TPSA) is 12.0 Å². The van der Waals surface area contributed by atoms with Gasteiger partial charge in [-0.05, 0) is 45.6 Å². The van der Waals surface area contributed by atoms with Crippen molar-refractivity contribution in [3.63, 3.8) is 0 Å². The molecule has 14 heavy (non-hydrogen) atoms. The number of rotatable bonds is 3. The van der Waals surface area contributed by atoms with Crippen LogP contribution in [0.2, 0.25) is 0 Å². The molecule has 1 N–H and O–H groups in total. The van der Waals surface area contributed by atoms with Crippen LogP contribution in [0.3, 0.4) is 0 Å². The molecule has 2 atom stereocenters. The first-order valence-electron chi connectivity index (χ1n) is 5.83. The molecule has 0 amide bonds. The Morgan fingerprint density at radius 2 is 2.07 bits per heavy atom. The summed E-state index contributed by atoms with van der Waals surface area (Å²) >= 11 is 0. The number of halogens is 1. The third-order valence-corrected chi connectivity index (χ3v) is 3.48. The predicted molar refractivity (Wildman–Crippen MR) is 59.2 cm³/mol. The van der Waals surface area contributed by atoms with Crippen molar-refractivity contribution in [1.82, 2.24) is 5.32 Å². The van der Waals surface area contributed by atoms with Crippen LogP contribution in [0.1, 0.15) is 53.4 Å². The Morgan fingerprint density at radius 1 is 1.43 bits per heavy atom. The van der Waals surface area contributed by atoms with Gasteiger partial charge < -0.3 is 5.32 Å². The molecule has 0 aromatic heterocycles. The SMILES string of the molecule is CCCC(C)C1(F)CCNC(C)(C)C1. The lowest BCUT2D eigenvalue weighted by molar-refractivity contribution is 0.0120. The van der Waals surface area contributed by atoms with E-state index in [1.54, 1.807) is 0 Å². The van der Waals surface area contributed by atoms with Crippen LogP contribution in [0.15, 0.2) is 0 Å². The molecule has 84 valence electrons. The summed E-state index contributed by atoms with van der Waals surface area (Å²) in [5.41, 5.74) is -0.972. The standard InChI is InChI=1S/C12H24FN/c1-5-6-10(2)12(13)7-8-14-11(3,4)9-12/h10,14H,5-9H2,1-4H3. The van der Waals surface area contributed by atoms with Crippen molar-refractivity contribution in [2.75, 3.05) is 6.54 Å². The monoisotopic (exact) mass is 201 g/mol. The largest absolute Gasteiger partial charge is 0.312 e. The first-order valence-corrected chi connectivity index (χ1v) is 5.83. The molecule has 0 saturated carbocycles. The average molecular weight is 201 g/mol. The van der Waals surface area contributed by atoms with E-state index >= 15 is 0 Å². The van der Waals surface area contributed by atoms with Gasteiger partial charge in [-0.2, -0.15) is 0 Å². The van der Waals surface area contributed by atoms with E-state index in [2.05, 4.69) is 33.0 Å². The summed E-state index contributed by atoms with van der Waals surface area (Å²) in [6, 6.07) is 0. The Kier molecular flexibility index (Phi) is 3.57. The molecule has 1 heterocycles. The molecule has 0 bridgehead atoms. The smallest absolute Gasteiger partial charge is 0.116 e. The second kappa shape index (κ2) is 4.18. The van der Waals surface area contributed by atoms with Gasteiger partial charge in [0, 0.05) is 5.54 Å². The predicted octanol–water partition coefficient (Wildman–Crippen LogP) is 3.29. The summed E-state index contributed by atoms with van der Waals surface area (Å²) in [7, 11) is 0. The molecule has 1 rings (SSSR count). The van der Waals surface area contributed by atoms with Gasteiger partial charge in [-0.25, -0.2) is 4.39 Å². The molecule has 1 aliphatic rings. The van der Waals surface area contributed by atoms with Crippen LogP contribution in [-0.4, -0.2) is 17.8 Å². The molecule has 1 fully saturated rings. The molecule has 0 aromatic carbocycles.